The van der Waals surface area contributed by atoms with E-state index < -0.39 is 0 Å². The number of hydrogen-bond donors (Lipinski definition) is 0. The summed E-state index contributed by atoms with van der Waals surface area (Å²) < 4.78 is 7.55. The van der Waals surface area contributed by atoms with Crippen LogP contribution in [0.3, 0.4) is 0 Å². The highest BCUT2D eigenvalue weighted by Gasteiger charge is 2.14. The molecule has 3 heterocycles. The fourth-order valence-electron chi connectivity index (χ4n) is 2.23. The predicted molar refractivity (Wildman–Crippen MR) is 87.4 cm³/mol. The van der Waals surface area contributed by atoms with Crippen LogP contribution in [0.5, 0.6) is 5.75 Å². The van der Waals surface area contributed by atoms with E-state index in [1.165, 1.54) is 11.3 Å². The zero-order valence-corrected chi connectivity index (χ0v) is 13.2. The van der Waals surface area contributed by atoms with Gasteiger partial charge in [0.05, 0.1) is 0 Å². The fraction of sp³-hybridized carbons (Fsp3) is 0.125. The average Bonchev–Trinajstić information content (AvgIpc) is 3.15. The van der Waals surface area contributed by atoms with Crippen LogP contribution < -0.4 is 4.74 Å². The Hall–Kier alpha value is -2.80. The number of rotatable bonds is 4. The van der Waals surface area contributed by atoms with Crippen LogP contribution in [0.15, 0.2) is 48.7 Å². The van der Waals surface area contributed by atoms with E-state index in [2.05, 4.69) is 20.3 Å². The lowest BCUT2D eigenvalue weighted by molar-refractivity contribution is 0.302. The number of fused-ring (bicyclic) bond motifs is 1. The number of aryl methyl sites for hydroxylation is 1. The van der Waals surface area contributed by atoms with Crippen molar-refractivity contribution in [1.29, 1.82) is 0 Å². The van der Waals surface area contributed by atoms with Crippen LogP contribution in [0.2, 0.25) is 0 Å². The Labute approximate surface area is 136 Å². The van der Waals surface area contributed by atoms with E-state index in [4.69, 9.17) is 4.74 Å². The van der Waals surface area contributed by atoms with Crippen LogP contribution in [0.25, 0.3) is 16.5 Å². The molecule has 0 aliphatic heterocycles. The lowest BCUT2D eigenvalue weighted by Gasteiger charge is -2.06. The van der Waals surface area contributed by atoms with Gasteiger partial charge in [0, 0.05) is 6.20 Å². The van der Waals surface area contributed by atoms with E-state index >= 15 is 0 Å². The topological polar surface area (TPSA) is 65.2 Å². The smallest absolute Gasteiger partial charge is 0.235 e. The molecule has 0 saturated heterocycles. The third kappa shape index (κ3) is 2.66. The van der Waals surface area contributed by atoms with Gasteiger partial charge >= 0.3 is 0 Å². The molecule has 0 saturated carbocycles. The molecule has 0 atom stereocenters. The van der Waals surface area contributed by atoms with Crippen molar-refractivity contribution in [2.75, 3.05) is 0 Å². The number of ether oxygens (including phenoxy) is 1. The minimum absolute atomic E-state index is 0.403. The second kappa shape index (κ2) is 5.77. The third-order valence-electron chi connectivity index (χ3n) is 3.37. The Morgan fingerprint density at radius 2 is 1.96 bits per heavy atom. The Morgan fingerprint density at radius 3 is 2.78 bits per heavy atom. The van der Waals surface area contributed by atoms with Gasteiger partial charge in [0.15, 0.2) is 5.01 Å². The highest BCUT2D eigenvalue weighted by molar-refractivity contribution is 7.16. The molecule has 0 bridgehead atoms. The molecule has 0 fully saturated rings. The molecule has 0 aliphatic rings. The van der Waals surface area contributed by atoms with Crippen molar-refractivity contribution in [3.63, 3.8) is 0 Å². The van der Waals surface area contributed by atoms with Gasteiger partial charge < -0.3 is 4.74 Å². The first-order chi connectivity index (χ1) is 11.3. The number of hydrogen-bond acceptors (Lipinski definition) is 6. The lowest BCUT2D eigenvalue weighted by atomic mass is 10.2. The minimum atomic E-state index is 0.403. The van der Waals surface area contributed by atoms with Crippen molar-refractivity contribution < 1.29 is 4.74 Å². The van der Waals surface area contributed by atoms with Crippen LogP contribution in [0.4, 0.5) is 0 Å². The molecule has 7 heteroatoms. The number of aromatic nitrogens is 5. The maximum atomic E-state index is 5.84. The maximum Gasteiger partial charge on any atom is 0.235 e. The van der Waals surface area contributed by atoms with Gasteiger partial charge in [0.1, 0.15) is 18.1 Å². The predicted octanol–water partition coefficient (Wildman–Crippen LogP) is 3.14. The van der Waals surface area contributed by atoms with Crippen molar-refractivity contribution in [3.8, 4) is 17.3 Å². The molecule has 3 aromatic heterocycles. The number of benzene rings is 1. The molecule has 0 spiro atoms. The zero-order valence-electron chi connectivity index (χ0n) is 12.4. The van der Waals surface area contributed by atoms with E-state index in [1.807, 2.05) is 49.4 Å². The summed E-state index contributed by atoms with van der Waals surface area (Å²) in [6.45, 7) is 2.42. The zero-order chi connectivity index (χ0) is 15.6. The summed E-state index contributed by atoms with van der Waals surface area (Å²) in [6, 6.07) is 13.6. The Balaban J connectivity index is 1.60. The van der Waals surface area contributed by atoms with Crippen molar-refractivity contribution in [2.24, 2.45) is 0 Å². The van der Waals surface area contributed by atoms with Crippen LogP contribution in [0, 0.1) is 6.92 Å². The van der Waals surface area contributed by atoms with E-state index in [0.717, 1.165) is 27.0 Å². The van der Waals surface area contributed by atoms with Crippen LogP contribution in [-0.2, 0) is 6.61 Å². The number of nitrogens with zero attached hydrogens (tertiary/aromatic N) is 5. The van der Waals surface area contributed by atoms with Crippen molar-refractivity contribution in [2.45, 2.75) is 13.5 Å². The van der Waals surface area contributed by atoms with Gasteiger partial charge in [-0.2, -0.15) is 9.61 Å². The molecule has 0 unspecified atom stereocenters. The molecule has 4 rings (SSSR count). The van der Waals surface area contributed by atoms with Crippen LogP contribution in [0.1, 0.15) is 10.6 Å². The largest absolute Gasteiger partial charge is 0.486 e. The van der Waals surface area contributed by atoms with Gasteiger partial charge in [0.25, 0.3) is 0 Å². The molecule has 0 N–H and O–H groups in total. The van der Waals surface area contributed by atoms with Gasteiger partial charge in [0.2, 0.25) is 10.8 Å². The second-order valence-electron chi connectivity index (χ2n) is 4.98. The first-order valence-corrected chi connectivity index (χ1v) is 7.94. The molecule has 0 aliphatic carbocycles. The molecule has 0 radical (unpaired) electrons. The molecule has 114 valence electrons. The summed E-state index contributed by atoms with van der Waals surface area (Å²) in [5, 5.41) is 13.7. The van der Waals surface area contributed by atoms with Crippen molar-refractivity contribution >= 4 is 16.3 Å². The highest BCUT2D eigenvalue weighted by atomic mass is 32.1. The van der Waals surface area contributed by atoms with E-state index in [0.29, 0.717) is 12.4 Å². The molecular weight excluding hydrogens is 310 g/mol. The Morgan fingerprint density at radius 1 is 1.09 bits per heavy atom. The summed E-state index contributed by atoms with van der Waals surface area (Å²) in [4.78, 5) is 5.03. The van der Waals surface area contributed by atoms with Gasteiger partial charge in [-0.25, -0.2) is 0 Å². The van der Waals surface area contributed by atoms with Gasteiger partial charge in [-0.3, -0.25) is 4.98 Å². The highest BCUT2D eigenvalue weighted by Crippen LogP contribution is 2.22. The van der Waals surface area contributed by atoms with Crippen molar-refractivity contribution in [1.82, 2.24) is 24.8 Å². The summed E-state index contributed by atoms with van der Waals surface area (Å²) in [6.07, 6.45) is 1.73. The standard InChI is InChI=1S/C16H13N5OS/c1-11-6-2-3-8-13(11)22-10-14-20-21-15(18-19-16(21)23-14)12-7-4-5-9-17-12/h2-9H,10H2,1H3. The molecule has 1 aromatic carbocycles. The van der Waals surface area contributed by atoms with E-state index in [9.17, 15) is 0 Å². The molecule has 0 amide bonds. The molecule has 23 heavy (non-hydrogen) atoms. The van der Waals surface area contributed by atoms with Crippen molar-refractivity contribution in [3.05, 3.63) is 59.2 Å². The van der Waals surface area contributed by atoms with Gasteiger partial charge in [-0.05, 0) is 30.7 Å². The first-order valence-electron chi connectivity index (χ1n) is 7.12. The summed E-state index contributed by atoms with van der Waals surface area (Å²) in [5.74, 6) is 1.50. The lowest BCUT2D eigenvalue weighted by Crippen LogP contribution is -1.98. The fourth-order valence-corrected chi connectivity index (χ4v) is 2.97. The molecular formula is C16H13N5OS. The Bertz CT molecular complexity index is 947. The third-order valence-corrected chi connectivity index (χ3v) is 4.24. The SMILES string of the molecule is Cc1ccccc1OCc1nn2c(-c3ccccn3)nnc2s1. The van der Waals surface area contributed by atoms with Gasteiger partial charge in [-0.15, -0.1) is 10.2 Å². The summed E-state index contributed by atoms with van der Waals surface area (Å²) in [7, 11) is 0. The van der Waals surface area contributed by atoms with E-state index in [-0.39, 0.29) is 0 Å². The minimum Gasteiger partial charge on any atom is -0.486 e. The maximum absolute atomic E-state index is 5.84. The van der Waals surface area contributed by atoms with Crippen LogP contribution in [-0.4, -0.2) is 24.8 Å². The average molecular weight is 323 g/mol. The normalized spacial score (nSPS) is 11.0. The van der Waals surface area contributed by atoms with Crippen LogP contribution >= 0.6 is 11.3 Å². The van der Waals surface area contributed by atoms with E-state index in [1.54, 1.807) is 10.7 Å². The number of para-hydroxylation sites is 1. The quantitative estimate of drug-likeness (QED) is 0.577. The van der Waals surface area contributed by atoms with Gasteiger partial charge in [-0.1, -0.05) is 35.6 Å². The first kappa shape index (κ1) is 13.8. The monoisotopic (exact) mass is 323 g/mol. The molecule has 6 nitrogen and oxygen atoms in total. The summed E-state index contributed by atoms with van der Waals surface area (Å²) >= 11 is 1.46. The summed E-state index contributed by atoms with van der Waals surface area (Å²) in [5.41, 5.74) is 1.85. The second-order valence-corrected chi connectivity index (χ2v) is 6.02. The Kier molecular flexibility index (Phi) is 3.47. The molecule has 4 aromatic rings. The number of pyridine rings is 1.